The van der Waals surface area contributed by atoms with E-state index in [1.807, 2.05) is 31.2 Å². The third-order valence-electron chi connectivity index (χ3n) is 5.32. The van der Waals surface area contributed by atoms with Gasteiger partial charge in [-0.25, -0.2) is 4.79 Å². The van der Waals surface area contributed by atoms with Gasteiger partial charge in [0.2, 0.25) is 5.91 Å². The molecule has 2 aliphatic rings. The summed E-state index contributed by atoms with van der Waals surface area (Å²) in [4.78, 5) is 26.1. The Hall–Kier alpha value is -2.32. The van der Waals surface area contributed by atoms with Gasteiger partial charge < -0.3 is 20.7 Å². The van der Waals surface area contributed by atoms with Crippen molar-refractivity contribution in [1.82, 2.24) is 26.2 Å². The van der Waals surface area contributed by atoms with E-state index >= 15 is 0 Å². The average molecular weight is 390 g/mol. The third kappa shape index (κ3) is 5.84. The van der Waals surface area contributed by atoms with Crippen molar-refractivity contribution in [2.75, 3.05) is 26.7 Å². The van der Waals surface area contributed by atoms with Gasteiger partial charge in [0, 0.05) is 38.1 Å². The molecule has 154 valence electrons. The van der Waals surface area contributed by atoms with E-state index in [-0.39, 0.29) is 30.3 Å². The fourth-order valence-electron chi connectivity index (χ4n) is 3.71. The maximum absolute atomic E-state index is 12.1. The first kappa shape index (κ1) is 20.4. The predicted molar refractivity (Wildman–Crippen MR) is 107 cm³/mol. The molecular formula is C20H31N5O3. The smallest absolute Gasteiger partial charge is 0.315 e. The van der Waals surface area contributed by atoms with E-state index in [4.69, 9.17) is 4.74 Å². The number of urea groups is 1. The number of ether oxygens (including phenoxy) is 1. The highest BCUT2D eigenvalue weighted by molar-refractivity contribution is 5.77. The maximum Gasteiger partial charge on any atom is 0.315 e. The molecule has 0 spiro atoms. The van der Waals surface area contributed by atoms with E-state index in [2.05, 4.69) is 26.2 Å². The van der Waals surface area contributed by atoms with Crippen LogP contribution >= 0.6 is 0 Å². The number of carbonyl (C=O) groups excluding carboxylic acids is 2. The zero-order chi connectivity index (χ0) is 19.9. The number of benzene rings is 1. The van der Waals surface area contributed by atoms with Gasteiger partial charge in [-0.05, 0) is 43.9 Å². The summed E-state index contributed by atoms with van der Waals surface area (Å²) in [6.45, 7) is 4.28. The van der Waals surface area contributed by atoms with Gasteiger partial charge in [-0.15, -0.1) is 0 Å². The molecule has 1 aromatic carbocycles. The lowest BCUT2D eigenvalue weighted by Crippen LogP contribution is -2.65. The van der Waals surface area contributed by atoms with Crippen molar-refractivity contribution in [2.45, 2.75) is 51.0 Å². The maximum atomic E-state index is 12.1. The highest BCUT2D eigenvalue weighted by atomic mass is 16.5. The predicted octanol–water partition coefficient (Wildman–Crippen LogP) is 0.783. The van der Waals surface area contributed by atoms with Crippen LogP contribution in [-0.2, 0) is 11.2 Å². The third-order valence-corrected chi connectivity index (χ3v) is 5.32. The van der Waals surface area contributed by atoms with Crippen molar-refractivity contribution < 1.29 is 14.3 Å². The summed E-state index contributed by atoms with van der Waals surface area (Å²) in [5.74, 6) is 0.922. The summed E-state index contributed by atoms with van der Waals surface area (Å²) in [6, 6.07) is 8.09. The number of likely N-dealkylation sites (tertiary alicyclic amines) is 1. The van der Waals surface area contributed by atoms with Crippen LogP contribution in [0.2, 0.25) is 0 Å². The Labute approximate surface area is 166 Å². The molecule has 28 heavy (non-hydrogen) atoms. The van der Waals surface area contributed by atoms with Crippen molar-refractivity contribution in [2.24, 2.45) is 0 Å². The minimum atomic E-state index is -0.121. The first-order valence-electron chi connectivity index (χ1n) is 10.0. The molecule has 3 amide bonds. The molecule has 0 aliphatic carbocycles. The standard InChI is InChI=1S/C20H31N5O3/c1-14-13-18(26)24-19(22-14)25-11-8-16(9-12-25)23-20(27)21-10-7-15-3-5-17(28-2)6-4-15/h3-6,14,16,19,22H,7-13H2,1-2H3,(H,24,26)(H2,21,23,27). The van der Waals surface area contributed by atoms with Crippen LogP contribution in [0.25, 0.3) is 0 Å². The lowest BCUT2D eigenvalue weighted by Gasteiger charge is -2.41. The van der Waals surface area contributed by atoms with Crippen molar-refractivity contribution >= 4 is 11.9 Å². The zero-order valence-electron chi connectivity index (χ0n) is 16.7. The number of carbonyl (C=O) groups is 2. The average Bonchev–Trinajstić information content (AvgIpc) is 2.68. The van der Waals surface area contributed by atoms with Crippen LogP contribution in [0.3, 0.4) is 0 Å². The second kappa shape index (κ2) is 9.75. The topological polar surface area (TPSA) is 94.7 Å². The molecule has 8 heteroatoms. The van der Waals surface area contributed by atoms with E-state index in [0.29, 0.717) is 13.0 Å². The normalized spacial score (nSPS) is 23.7. The second-order valence-corrected chi connectivity index (χ2v) is 7.55. The molecule has 4 N–H and O–H groups in total. The fourth-order valence-corrected chi connectivity index (χ4v) is 3.71. The number of hydrogen-bond donors (Lipinski definition) is 4. The van der Waals surface area contributed by atoms with Gasteiger partial charge in [0.1, 0.15) is 12.0 Å². The van der Waals surface area contributed by atoms with Crippen LogP contribution in [0.1, 0.15) is 31.7 Å². The first-order valence-corrected chi connectivity index (χ1v) is 10.0. The van der Waals surface area contributed by atoms with Crippen LogP contribution in [0.5, 0.6) is 5.75 Å². The van der Waals surface area contributed by atoms with Crippen molar-refractivity contribution in [3.63, 3.8) is 0 Å². The molecule has 0 aromatic heterocycles. The van der Waals surface area contributed by atoms with Crippen molar-refractivity contribution in [3.05, 3.63) is 29.8 Å². The van der Waals surface area contributed by atoms with Gasteiger partial charge in [-0.1, -0.05) is 12.1 Å². The zero-order valence-corrected chi connectivity index (χ0v) is 16.7. The van der Waals surface area contributed by atoms with Crippen LogP contribution in [-0.4, -0.2) is 62.0 Å². The number of piperidine rings is 1. The summed E-state index contributed by atoms with van der Waals surface area (Å²) < 4.78 is 5.15. The van der Waals surface area contributed by atoms with Crippen molar-refractivity contribution in [1.29, 1.82) is 0 Å². The van der Waals surface area contributed by atoms with Gasteiger partial charge in [-0.3, -0.25) is 15.0 Å². The molecule has 3 rings (SSSR count). The molecule has 8 nitrogen and oxygen atoms in total. The van der Waals surface area contributed by atoms with E-state index in [0.717, 1.165) is 43.7 Å². The number of rotatable bonds is 6. The Morgan fingerprint density at radius 1 is 1.25 bits per heavy atom. The quantitative estimate of drug-likeness (QED) is 0.577. The number of amides is 3. The minimum Gasteiger partial charge on any atom is -0.497 e. The molecule has 2 aliphatic heterocycles. The van der Waals surface area contributed by atoms with Crippen LogP contribution in [0.15, 0.2) is 24.3 Å². The summed E-state index contributed by atoms with van der Waals surface area (Å²) in [7, 11) is 1.65. The molecule has 0 bridgehead atoms. The molecule has 0 saturated carbocycles. The van der Waals surface area contributed by atoms with E-state index in [1.54, 1.807) is 7.11 Å². The first-order chi connectivity index (χ1) is 13.5. The fraction of sp³-hybridized carbons (Fsp3) is 0.600. The Morgan fingerprint density at radius 2 is 1.96 bits per heavy atom. The molecular weight excluding hydrogens is 358 g/mol. The Morgan fingerprint density at radius 3 is 2.61 bits per heavy atom. The van der Waals surface area contributed by atoms with Crippen molar-refractivity contribution in [3.8, 4) is 5.75 Å². The van der Waals surface area contributed by atoms with Crippen LogP contribution in [0, 0.1) is 0 Å². The monoisotopic (exact) mass is 389 g/mol. The molecule has 2 unspecified atom stereocenters. The molecule has 2 atom stereocenters. The van der Waals surface area contributed by atoms with E-state index in [1.165, 1.54) is 0 Å². The number of hydrogen-bond acceptors (Lipinski definition) is 5. The summed E-state index contributed by atoms with van der Waals surface area (Å²) in [5.41, 5.74) is 1.16. The minimum absolute atomic E-state index is 0.0905. The van der Waals surface area contributed by atoms with Gasteiger partial charge in [-0.2, -0.15) is 0 Å². The highest BCUT2D eigenvalue weighted by Gasteiger charge is 2.30. The van der Waals surface area contributed by atoms with Gasteiger partial charge >= 0.3 is 6.03 Å². The number of nitrogens with zero attached hydrogens (tertiary/aromatic N) is 1. The summed E-state index contributed by atoms with van der Waals surface area (Å²) in [5, 5.41) is 12.4. The Kier molecular flexibility index (Phi) is 7.11. The summed E-state index contributed by atoms with van der Waals surface area (Å²) in [6.07, 6.45) is 2.94. The van der Waals surface area contributed by atoms with Crippen LogP contribution < -0.4 is 26.0 Å². The summed E-state index contributed by atoms with van der Waals surface area (Å²) >= 11 is 0. The number of methoxy groups -OCH3 is 1. The SMILES string of the molecule is COc1ccc(CCNC(=O)NC2CCN(C3NC(=O)CC(C)N3)CC2)cc1. The lowest BCUT2D eigenvalue weighted by atomic mass is 10.0. The Bertz CT molecular complexity index is 658. The Balaban J connectivity index is 1.33. The molecule has 2 heterocycles. The van der Waals surface area contributed by atoms with Gasteiger partial charge in [0.25, 0.3) is 0 Å². The van der Waals surface area contributed by atoms with E-state index in [9.17, 15) is 9.59 Å². The molecule has 0 radical (unpaired) electrons. The second-order valence-electron chi connectivity index (χ2n) is 7.55. The van der Waals surface area contributed by atoms with Gasteiger partial charge in [0.15, 0.2) is 0 Å². The molecule has 1 aromatic rings. The molecule has 2 fully saturated rings. The highest BCUT2D eigenvalue weighted by Crippen LogP contribution is 2.14. The van der Waals surface area contributed by atoms with Crippen LogP contribution in [0.4, 0.5) is 4.79 Å². The molecule has 2 saturated heterocycles. The number of nitrogens with one attached hydrogen (secondary N) is 4. The lowest BCUT2D eigenvalue weighted by molar-refractivity contribution is -0.127. The van der Waals surface area contributed by atoms with E-state index < -0.39 is 0 Å². The van der Waals surface area contributed by atoms with Gasteiger partial charge in [0.05, 0.1) is 7.11 Å². The largest absolute Gasteiger partial charge is 0.497 e.